The number of rotatable bonds is 2. The van der Waals surface area contributed by atoms with Crippen LogP contribution in [0.5, 0.6) is 0 Å². The van der Waals surface area contributed by atoms with Crippen LogP contribution in [0.2, 0.25) is 0 Å². The third kappa shape index (κ3) is 4.17. The SMILES string of the molecule is Cc1cc(C)c(B(C#Cc2cccc3ccccc23)c2c(C)cc(C)cc2C)c(C)c1. The molecule has 0 N–H and O–H groups in total. The van der Waals surface area contributed by atoms with E-state index in [1.165, 1.54) is 55.1 Å². The fraction of sp³-hybridized carbons (Fsp3) is 0.200. The maximum atomic E-state index is 3.71. The molecule has 4 aromatic rings. The molecule has 0 fully saturated rings. The molecule has 0 heterocycles. The van der Waals surface area contributed by atoms with E-state index in [0.29, 0.717) is 0 Å². The topological polar surface area (TPSA) is 0 Å². The molecule has 0 aromatic heterocycles. The van der Waals surface area contributed by atoms with Crippen molar-refractivity contribution < 1.29 is 0 Å². The van der Waals surface area contributed by atoms with E-state index < -0.39 is 0 Å². The van der Waals surface area contributed by atoms with Crippen molar-refractivity contribution in [2.75, 3.05) is 0 Å². The van der Waals surface area contributed by atoms with E-state index in [-0.39, 0.29) is 6.71 Å². The van der Waals surface area contributed by atoms with Crippen LogP contribution < -0.4 is 10.9 Å². The summed E-state index contributed by atoms with van der Waals surface area (Å²) in [6.07, 6.45) is 0. The van der Waals surface area contributed by atoms with Gasteiger partial charge in [0.05, 0.1) is 0 Å². The minimum atomic E-state index is 0.0418. The third-order valence-electron chi connectivity index (χ3n) is 6.19. The molecule has 0 atom stereocenters. The summed E-state index contributed by atoms with van der Waals surface area (Å²) < 4.78 is 0. The van der Waals surface area contributed by atoms with Crippen molar-refractivity contribution in [3.05, 3.63) is 106 Å². The summed E-state index contributed by atoms with van der Waals surface area (Å²) in [6.45, 7) is 13.3. The highest BCUT2D eigenvalue weighted by atomic mass is 14.1. The zero-order chi connectivity index (χ0) is 22.1. The molecule has 0 amide bonds. The summed E-state index contributed by atoms with van der Waals surface area (Å²) in [6, 6.07) is 24.0. The number of hydrogen-bond donors (Lipinski definition) is 0. The van der Waals surface area contributed by atoms with Crippen molar-refractivity contribution in [3.8, 4) is 11.7 Å². The molecule has 31 heavy (non-hydrogen) atoms. The van der Waals surface area contributed by atoms with Gasteiger partial charge in [-0.2, -0.15) is 0 Å². The summed E-state index contributed by atoms with van der Waals surface area (Å²) >= 11 is 0. The van der Waals surface area contributed by atoms with E-state index in [0.717, 1.165) is 5.56 Å². The molecule has 0 bridgehead atoms. The summed E-state index contributed by atoms with van der Waals surface area (Å²) in [4.78, 5) is 0. The monoisotopic (exact) mass is 400 g/mol. The van der Waals surface area contributed by atoms with Crippen LogP contribution in [-0.2, 0) is 0 Å². The lowest BCUT2D eigenvalue weighted by Gasteiger charge is -2.20. The van der Waals surface area contributed by atoms with E-state index >= 15 is 0 Å². The van der Waals surface area contributed by atoms with Crippen molar-refractivity contribution >= 4 is 28.4 Å². The molecule has 0 nitrogen and oxygen atoms in total. The van der Waals surface area contributed by atoms with E-state index in [1.807, 2.05) is 0 Å². The average Bonchev–Trinajstić information content (AvgIpc) is 2.70. The Morgan fingerprint density at radius 3 is 1.61 bits per heavy atom. The lowest BCUT2D eigenvalue weighted by Crippen LogP contribution is -2.46. The molecule has 152 valence electrons. The maximum absolute atomic E-state index is 3.71. The van der Waals surface area contributed by atoms with Crippen LogP contribution in [0.3, 0.4) is 0 Å². The predicted molar refractivity (Wildman–Crippen MR) is 137 cm³/mol. The van der Waals surface area contributed by atoms with Gasteiger partial charge in [0.15, 0.2) is 0 Å². The Bertz CT molecular complexity index is 1240. The Kier molecular flexibility index (Phi) is 5.75. The van der Waals surface area contributed by atoms with Gasteiger partial charge in [0.1, 0.15) is 0 Å². The first kappa shape index (κ1) is 21.0. The second-order valence-corrected chi connectivity index (χ2v) is 8.85. The van der Waals surface area contributed by atoms with Gasteiger partial charge in [0, 0.05) is 5.56 Å². The highest BCUT2D eigenvalue weighted by Crippen LogP contribution is 2.18. The van der Waals surface area contributed by atoms with Gasteiger partial charge in [-0.25, -0.2) is 0 Å². The zero-order valence-electron chi connectivity index (χ0n) is 19.4. The number of hydrogen-bond acceptors (Lipinski definition) is 0. The summed E-state index contributed by atoms with van der Waals surface area (Å²) in [5.41, 5.74) is 11.6. The van der Waals surface area contributed by atoms with Crippen molar-refractivity contribution in [2.24, 2.45) is 0 Å². The van der Waals surface area contributed by atoms with E-state index in [4.69, 9.17) is 0 Å². The maximum Gasteiger partial charge on any atom is 0.297 e. The van der Waals surface area contributed by atoms with Gasteiger partial charge in [0.25, 0.3) is 6.71 Å². The molecule has 0 spiro atoms. The van der Waals surface area contributed by atoms with Crippen LogP contribution in [0.1, 0.15) is 38.9 Å². The fourth-order valence-electron chi connectivity index (χ4n) is 5.07. The molecule has 0 unspecified atom stereocenters. The summed E-state index contributed by atoms with van der Waals surface area (Å²) in [7, 11) is 0. The van der Waals surface area contributed by atoms with E-state index in [9.17, 15) is 0 Å². The first-order valence-corrected chi connectivity index (χ1v) is 11.0. The first-order valence-electron chi connectivity index (χ1n) is 11.0. The zero-order valence-corrected chi connectivity index (χ0v) is 19.4. The Morgan fingerprint density at radius 2 is 1.06 bits per heavy atom. The minimum absolute atomic E-state index is 0.0418. The van der Waals surface area contributed by atoms with E-state index in [2.05, 4.69) is 120 Å². The summed E-state index contributed by atoms with van der Waals surface area (Å²) in [5, 5.41) is 2.45. The standard InChI is InChI=1S/C30H29B/c1-20-16-22(3)29(23(4)17-20)31(30-24(5)18-21(2)19-25(30)6)15-14-27-12-9-11-26-10-7-8-13-28(26)27/h7-13,16-19H,1-6H3. The molecule has 1 heteroatoms. The molecule has 0 aliphatic rings. The molecular formula is C30H29B. The number of aryl methyl sites for hydroxylation is 6. The predicted octanol–water partition coefficient (Wildman–Crippen LogP) is 5.89. The third-order valence-corrected chi connectivity index (χ3v) is 6.19. The lowest BCUT2D eigenvalue weighted by atomic mass is 9.38. The first-order chi connectivity index (χ1) is 14.8. The Morgan fingerprint density at radius 1 is 0.581 bits per heavy atom. The molecule has 4 rings (SSSR count). The van der Waals surface area contributed by atoms with Crippen molar-refractivity contribution in [1.29, 1.82) is 0 Å². The normalized spacial score (nSPS) is 10.6. The average molecular weight is 400 g/mol. The van der Waals surface area contributed by atoms with Crippen molar-refractivity contribution in [2.45, 2.75) is 41.5 Å². The second-order valence-electron chi connectivity index (χ2n) is 8.85. The van der Waals surface area contributed by atoms with Gasteiger partial charge < -0.3 is 0 Å². The lowest BCUT2D eigenvalue weighted by molar-refractivity contribution is 1.34. The van der Waals surface area contributed by atoms with Gasteiger partial charge >= 0.3 is 0 Å². The van der Waals surface area contributed by atoms with Gasteiger partial charge in [-0.1, -0.05) is 111 Å². The highest BCUT2D eigenvalue weighted by Gasteiger charge is 2.25. The van der Waals surface area contributed by atoms with Gasteiger partial charge in [-0.05, 0) is 58.4 Å². The molecule has 0 radical (unpaired) electrons. The second kappa shape index (κ2) is 8.48. The van der Waals surface area contributed by atoms with Crippen molar-refractivity contribution in [3.63, 3.8) is 0 Å². The van der Waals surface area contributed by atoms with Gasteiger partial charge in [-0.3, -0.25) is 0 Å². The van der Waals surface area contributed by atoms with Crippen LogP contribution in [0.15, 0.2) is 66.7 Å². The smallest absolute Gasteiger partial charge is 0.137 e. The summed E-state index contributed by atoms with van der Waals surface area (Å²) in [5.74, 6) is 7.29. The van der Waals surface area contributed by atoms with Crippen molar-refractivity contribution in [1.82, 2.24) is 0 Å². The highest BCUT2D eigenvalue weighted by molar-refractivity contribution is 6.92. The van der Waals surface area contributed by atoms with Crippen LogP contribution in [0, 0.1) is 53.3 Å². The number of benzene rings is 4. The molecule has 0 aliphatic heterocycles. The molecule has 0 saturated heterocycles. The Labute approximate surface area is 187 Å². The van der Waals surface area contributed by atoms with Crippen LogP contribution >= 0.6 is 0 Å². The largest absolute Gasteiger partial charge is 0.297 e. The molecule has 4 aromatic carbocycles. The molecule has 0 aliphatic carbocycles. The molecule has 0 saturated carbocycles. The Hall–Kier alpha value is -3.24. The van der Waals surface area contributed by atoms with Gasteiger partial charge in [-0.15, -0.1) is 5.82 Å². The van der Waals surface area contributed by atoms with Crippen LogP contribution in [0.4, 0.5) is 0 Å². The number of fused-ring (bicyclic) bond motifs is 1. The quantitative estimate of drug-likeness (QED) is 0.291. The minimum Gasteiger partial charge on any atom is -0.137 e. The van der Waals surface area contributed by atoms with Crippen LogP contribution in [-0.4, -0.2) is 6.71 Å². The molecular weight excluding hydrogens is 371 g/mol. The van der Waals surface area contributed by atoms with Crippen LogP contribution in [0.25, 0.3) is 10.8 Å². The fourth-order valence-corrected chi connectivity index (χ4v) is 5.07. The Balaban J connectivity index is 1.97. The van der Waals surface area contributed by atoms with Gasteiger partial charge in [0.2, 0.25) is 0 Å². The van der Waals surface area contributed by atoms with E-state index in [1.54, 1.807) is 0 Å².